The van der Waals surface area contributed by atoms with Gasteiger partial charge in [-0.2, -0.15) is 0 Å². The van der Waals surface area contributed by atoms with E-state index in [9.17, 15) is 8.42 Å². The van der Waals surface area contributed by atoms with Crippen molar-refractivity contribution in [2.75, 3.05) is 25.5 Å². The molecule has 0 amide bonds. The number of nitrogens with two attached hydrogens (primary N) is 1. The van der Waals surface area contributed by atoms with Gasteiger partial charge in [-0.3, -0.25) is 0 Å². The molecule has 2 rings (SSSR count). The molecule has 0 saturated carbocycles. The number of hydrogen-bond donors (Lipinski definition) is 3. The smallest absolute Gasteiger partial charge is 0.238 e. The van der Waals surface area contributed by atoms with Gasteiger partial charge >= 0.3 is 0 Å². The third kappa shape index (κ3) is 3.84. The second-order valence-corrected chi connectivity index (χ2v) is 6.50. The van der Waals surface area contributed by atoms with Gasteiger partial charge in [-0.1, -0.05) is 6.42 Å². The fourth-order valence-corrected chi connectivity index (χ4v) is 2.87. The fourth-order valence-electron chi connectivity index (χ4n) is 2.33. The lowest BCUT2D eigenvalue weighted by Gasteiger charge is -2.24. The Kier molecular flexibility index (Phi) is 4.85. The monoisotopic (exact) mass is 299 g/mol. The molecular weight excluding hydrogens is 278 g/mol. The normalized spacial score (nSPS) is 19.6. The summed E-state index contributed by atoms with van der Waals surface area (Å²) in [5, 5.41) is 11.8. The predicted molar refractivity (Wildman–Crippen MR) is 78.5 cm³/mol. The second kappa shape index (κ2) is 6.43. The largest absolute Gasteiger partial charge is 0.495 e. The molecule has 1 saturated heterocycles. The van der Waals surface area contributed by atoms with Crippen LogP contribution in [0.2, 0.25) is 0 Å². The summed E-state index contributed by atoms with van der Waals surface area (Å²) in [7, 11) is -2.15. The summed E-state index contributed by atoms with van der Waals surface area (Å²) in [4.78, 5) is 0.0809. The highest BCUT2D eigenvalue weighted by Crippen LogP contribution is 2.27. The summed E-state index contributed by atoms with van der Waals surface area (Å²) in [5.74, 6) is 0.605. The van der Waals surface area contributed by atoms with E-state index in [1.807, 2.05) is 0 Å². The minimum atomic E-state index is -3.70. The zero-order valence-corrected chi connectivity index (χ0v) is 12.4. The number of hydrogen-bond acceptors (Lipinski definition) is 5. The molecule has 0 aliphatic carbocycles. The first kappa shape index (κ1) is 15.1. The van der Waals surface area contributed by atoms with Crippen molar-refractivity contribution < 1.29 is 13.2 Å². The minimum Gasteiger partial charge on any atom is -0.495 e. The molecule has 0 spiro atoms. The Bertz CT molecular complexity index is 554. The van der Waals surface area contributed by atoms with Crippen LogP contribution in [0.4, 0.5) is 5.69 Å². The number of sulfonamides is 1. The summed E-state index contributed by atoms with van der Waals surface area (Å²) >= 11 is 0. The lowest BCUT2D eigenvalue weighted by molar-refractivity contribution is 0.407. The number of piperidine rings is 1. The van der Waals surface area contributed by atoms with Crippen LogP contribution in [0.25, 0.3) is 0 Å². The van der Waals surface area contributed by atoms with Gasteiger partial charge in [-0.15, -0.1) is 0 Å². The number of methoxy groups -OCH3 is 1. The van der Waals surface area contributed by atoms with E-state index < -0.39 is 10.0 Å². The van der Waals surface area contributed by atoms with Crippen LogP contribution in [0.5, 0.6) is 5.75 Å². The maximum absolute atomic E-state index is 11.4. The zero-order chi connectivity index (χ0) is 14.6. The average molecular weight is 299 g/mol. The third-order valence-corrected chi connectivity index (χ3v) is 4.36. The van der Waals surface area contributed by atoms with Crippen LogP contribution >= 0.6 is 0 Å². The standard InChI is InChI=1S/C13H21N3O3S/c1-19-13-6-5-11(20(14,17)18)8-12(13)16-9-10-4-2-3-7-15-10/h5-6,8,10,15-16H,2-4,7,9H2,1H3,(H2,14,17,18). The summed E-state index contributed by atoms with van der Waals surface area (Å²) in [6, 6.07) is 4.96. The van der Waals surface area contributed by atoms with Gasteiger partial charge in [0.1, 0.15) is 5.75 Å². The molecule has 4 N–H and O–H groups in total. The number of nitrogens with one attached hydrogen (secondary N) is 2. The molecule has 20 heavy (non-hydrogen) atoms. The summed E-state index contributed by atoms with van der Waals surface area (Å²) in [5.41, 5.74) is 0.645. The van der Waals surface area contributed by atoms with Gasteiger partial charge in [-0.05, 0) is 37.6 Å². The molecule has 112 valence electrons. The van der Waals surface area contributed by atoms with Gasteiger partial charge in [0.15, 0.2) is 0 Å². The van der Waals surface area contributed by atoms with Crippen molar-refractivity contribution in [3.05, 3.63) is 18.2 Å². The Balaban J connectivity index is 2.11. The lowest BCUT2D eigenvalue weighted by atomic mass is 10.1. The van der Waals surface area contributed by atoms with Gasteiger partial charge < -0.3 is 15.4 Å². The van der Waals surface area contributed by atoms with Crippen LogP contribution in [-0.2, 0) is 10.0 Å². The molecule has 0 radical (unpaired) electrons. The van der Waals surface area contributed by atoms with Gasteiger partial charge in [-0.25, -0.2) is 13.6 Å². The molecule has 1 aliphatic rings. The van der Waals surface area contributed by atoms with Crippen molar-refractivity contribution in [3.8, 4) is 5.75 Å². The van der Waals surface area contributed by atoms with Crippen LogP contribution in [0.3, 0.4) is 0 Å². The molecule has 1 heterocycles. The second-order valence-electron chi connectivity index (χ2n) is 4.93. The van der Waals surface area contributed by atoms with Crippen LogP contribution in [0.15, 0.2) is 23.1 Å². The SMILES string of the molecule is COc1ccc(S(N)(=O)=O)cc1NCC1CCCCN1. The molecule has 1 fully saturated rings. The Hall–Kier alpha value is -1.31. The number of rotatable bonds is 5. The van der Waals surface area contributed by atoms with Crippen LogP contribution in [0.1, 0.15) is 19.3 Å². The quantitative estimate of drug-likeness (QED) is 0.751. The molecular formula is C13H21N3O3S. The van der Waals surface area contributed by atoms with Crippen molar-refractivity contribution in [3.63, 3.8) is 0 Å². The molecule has 0 bridgehead atoms. The third-order valence-electron chi connectivity index (χ3n) is 3.45. The predicted octanol–water partition coefficient (Wildman–Crippen LogP) is 0.897. The first-order chi connectivity index (χ1) is 9.50. The molecule has 6 nitrogen and oxygen atoms in total. The molecule has 7 heteroatoms. The highest BCUT2D eigenvalue weighted by atomic mass is 32.2. The van der Waals surface area contributed by atoms with Crippen molar-refractivity contribution in [1.29, 1.82) is 0 Å². The summed E-state index contributed by atoms with van der Waals surface area (Å²) in [6.45, 7) is 1.76. The van der Waals surface area contributed by atoms with Crippen molar-refractivity contribution >= 4 is 15.7 Å². The average Bonchev–Trinajstić information content (AvgIpc) is 2.45. The zero-order valence-electron chi connectivity index (χ0n) is 11.6. The Morgan fingerprint density at radius 2 is 2.25 bits per heavy atom. The molecule has 1 atom stereocenters. The summed E-state index contributed by atoms with van der Waals surface area (Å²) in [6.07, 6.45) is 3.54. The Morgan fingerprint density at radius 1 is 1.45 bits per heavy atom. The summed E-state index contributed by atoms with van der Waals surface area (Å²) < 4.78 is 28.0. The van der Waals surface area contributed by atoms with E-state index in [2.05, 4.69) is 10.6 Å². The topological polar surface area (TPSA) is 93.5 Å². The van der Waals surface area contributed by atoms with E-state index in [-0.39, 0.29) is 4.90 Å². The lowest BCUT2D eigenvalue weighted by Crippen LogP contribution is -2.39. The molecule has 1 aromatic carbocycles. The maximum Gasteiger partial charge on any atom is 0.238 e. The molecule has 0 aromatic heterocycles. The van der Waals surface area contributed by atoms with E-state index in [0.29, 0.717) is 17.5 Å². The number of anilines is 1. The van der Waals surface area contributed by atoms with Gasteiger partial charge in [0.25, 0.3) is 0 Å². The number of primary sulfonamides is 1. The molecule has 1 aliphatic heterocycles. The number of ether oxygens (including phenoxy) is 1. The first-order valence-corrected chi connectivity index (χ1v) is 8.23. The van der Waals surface area contributed by atoms with Crippen molar-refractivity contribution in [1.82, 2.24) is 5.32 Å². The van der Waals surface area contributed by atoms with Crippen LogP contribution < -0.4 is 20.5 Å². The van der Waals surface area contributed by atoms with E-state index >= 15 is 0 Å². The Morgan fingerprint density at radius 3 is 2.85 bits per heavy atom. The fraction of sp³-hybridized carbons (Fsp3) is 0.538. The van der Waals surface area contributed by atoms with E-state index in [4.69, 9.17) is 9.88 Å². The highest BCUT2D eigenvalue weighted by molar-refractivity contribution is 7.89. The van der Waals surface area contributed by atoms with Crippen LogP contribution in [0, 0.1) is 0 Å². The van der Waals surface area contributed by atoms with E-state index in [0.717, 1.165) is 19.5 Å². The van der Waals surface area contributed by atoms with Gasteiger partial charge in [0.05, 0.1) is 17.7 Å². The molecule has 1 unspecified atom stereocenters. The van der Waals surface area contributed by atoms with E-state index in [1.165, 1.54) is 25.0 Å². The Labute approximate surface area is 119 Å². The minimum absolute atomic E-state index is 0.0809. The van der Waals surface area contributed by atoms with Gasteiger partial charge in [0, 0.05) is 12.6 Å². The molecule has 1 aromatic rings. The van der Waals surface area contributed by atoms with E-state index in [1.54, 1.807) is 13.2 Å². The first-order valence-electron chi connectivity index (χ1n) is 6.69. The van der Waals surface area contributed by atoms with Crippen molar-refractivity contribution in [2.24, 2.45) is 5.14 Å². The maximum atomic E-state index is 11.4. The van der Waals surface area contributed by atoms with Gasteiger partial charge in [0.2, 0.25) is 10.0 Å². The van der Waals surface area contributed by atoms with Crippen LogP contribution in [-0.4, -0.2) is 34.7 Å². The number of benzene rings is 1. The highest BCUT2D eigenvalue weighted by Gasteiger charge is 2.15. The van der Waals surface area contributed by atoms with Crippen molar-refractivity contribution in [2.45, 2.75) is 30.2 Å².